The summed E-state index contributed by atoms with van der Waals surface area (Å²) >= 11 is 0. The fraction of sp³-hybridized carbons (Fsp3) is 0.500. The predicted octanol–water partition coefficient (Wildman–Crippen LogP) is 1.84. The Morgan fingerprint density at radius 3 is 2.52 bits per heavy atom. The maximum atomic E-state index is 12.3. The number of esters is 1. The van der Waals surface area contributed by atoms with Crippen LogP contribution in [0.25, 0.3) is 5.65 Å². The van der Waals surface area contributed by atoms with E-state index in [-0.39, 0.29) is 24.6 Å². The third-order valence-electron chi connectivity index (χ3n) is 3.50. The van der Waals surface area contributed by atoms with E-state index < -0.39 is 5.97 Å². The van der Waals surface area contributed by atoms with Gasteiger partial charge in [0.1, 0.15) is 5.56 Å². The highest BCUT2D eigenvalue weighted by Gasteiger charge is 2.24. The summed E-state index contributed by atoms with van der Waals surface area (Å²) in [4.78, 5) is 30.4. The SMILES string of the molecule is Cc1nn2cccnc2c1C(=O)OCC(=O)N(C(C)C)C(C)C. The van der Waals surface area contributed by atoms with Crippen molar-refractivity contribution in [2.24, 2.45) is 0 Å². The number of nitrogens with zero attached hydrogens (tertiary/aromatic N) is 4. The number of aromatic nitrogens is 3. The minimum absolute atomic E-state index is 0.0431. The summed E-state index contributed by atoms with van der Waals surface area (Å²) in [6, 6.07) is 1.81. The Kier molecular flexibility index (Phi) is 4.98. The van der Waals surface area contributed by atoms with Crippen molar-refractivity contribution in [2.45, 2.75) is 46.7 Å². The Labute approximate surface area is 135 Å². The molecule has 0 bridgehead atoms. The molecule has 0 fully saturated rings. The highest BCUT2D eigenvalue weighted by atomic mass is 16.5. The molecule has 0 aliphatic heterocycles. The van der Waals surface area contributed by atoms with Crippen LogP contribution in [0, 0.1) is 6.92 Å². The van der Waals surface area contributed by atoms with Crippen LogP contribution in [0.1, 0.15) is 43.7 Å². The maximum absolute atomic E-state index is 12.3. The van der Waals surface area contributed by atoms with Gasteiger partial charge in [-0.3, -0.25) is 4.79 Å². The normalized spacial score (nSPS) is 11.3. The monoisotopic (exact) mass is 318 g/mol. The zero-order chi connectivity index (χ0) is 17.1. The summed E-state index contributed by atoms with van der Waals surface area (Å²) < 4.78 is 6.71. The molecule has 7 nitrogen and oxygen atoms in total. The van der Waals surface area contributed by atoms with Crippen LogP contribution in [0.3, 0.4) is 0 Å². The number of ether oxygens (including phenoxy) is 1. The van der Waals surface area contributed by atoms with E-state index in [0.29, 0.717) is 16.9 Å². The van der Waals surface area contributed by atoms with Crippen LogP contribution in [0.2, 0.25) is 0 Å². The van der Waals surface area contributed by atoms with Gasteiger partial charge in [-0.1, -0.05) is 0 Å². The molecule has 0 spiro atoms. The summed E-state index contributed by atoms with van der Waals surface area (Å²) in [6.45, 7) is 9.14. The molecule has 0 atom stereocenters. The first kappa shape index (κ1) is 16.9. The van der Waals surface area contributed by atoms with Crippen LogP contribution in [-0.4, -0.2) is 50.1 Å². The third kappa shape index (κ3) is 3.49. The number of aryl methyl sites for hydroxylation is 1. The van der Waals surface area contributed by atoms with Crippen molar-refractivity contribution >= 4 is 17.5 Å². The summed E-state index contributed by atoms with van der Waals surface area (Å²) in [6.07, 6.45) is 3.29. The van der Waals surface area contributed by atoms with Gasteiger partial charge in [-0.05, 0) is 40.7 Å². The third-order valence-corrected chi connectivity index (χ3v) is 3.50. The van der Waals surface area contributed by atoms with Gasteiger partial charge in [0.15, 0.2) is 12.3 Å². The van der Waals surface area contributed by atoms with Crippen molar-refractivity contribution in [2.75, 3.05) is 6.61 Å². The molecule has 23 heavy (non-hydrogen) atoms. The highest BCUT2D eigenvalue weighted by molar-refractivity contribution is 5.98. The molecule has 2 aromatic rings. The summed E-state index contributed by atoms with van der Waals surface area (Å²) in [5.74, 6) is -0.803. The zero-order valence-corrected chi connectivity index (χ0v) is 14.1. The average Bonchev–Trinajstić information content (AvgIpc) is 2.79. The van der Waals surface area contributed by atoms with Gasteiger partial charge in [-0.15, -0.1) is 0 Å². The lowest BCUT2D eigenvalue weighted by molar-refractivity contribution is -0.138. The van der Waals surface area contributed by atoms with Crippen LogP contribution < -0.4 is 0 Å². The molecule has 0 radical (unpaired) electrons. The topological polar surface area (TPSA) is 76.8 Å². The van der Waals surface area contributed by atoms with Gasteiger partial charge in [0.05, 0.1) is 5.69 Å². The van der Waals surface area contributed by atoms with Crippen molar-refractivity contribution in [1.82, 2.24) is 19.5 Å². The van der Waals surface area contributed by atoms with E-state index in [1.807, 2.05) is 27.7 Å². The second kappa shape index (κ2) is 6.76. The van der Waals surface area contributed by atoms with E-state index in [0.717, 1.165) is 0 Å². The standard InChI is InChI=1S/C16H22N4O3/c1-10(2)20(11(3)4)13(21)9-23-16(22)14-12(5)18-19-8-6-7-17-15(14)19/h6-8,10-11H,9H2,1-5H3. The Morgan fingerprint density at radius 1 is 1.26 bits per heavy atom. The van der Waals surface area contributed by atoms with E-state index in [1.165, 1.54) is 4.52 Å². The lowest BCUT2D eigenvalue weighted by Crippen LogP contribution is -2.44. The molecule has 1 amide bonds. The average molecular weight is 318 g/mol. The number of hydrogen-bond donors (Lipinski definition) is 0. The molecule has 0 aromatic carbocycles. The summed E-state index contributed by atoms with van der Waals surface area (Å²) in [5.41, 5.74) is 1.23. The molecule has 2 aromatic heterocycles. The number of carbonyl (C=O) groups excluding carboxylic acids is 2. The minimum atomic E-state index is -0.586. The van der Waals surface area contributed by atoms with Gasteiger partial charge in [-0.25, -0.2) is 14.3 Å². The molecule has 2 heterocycles. The van der Waals surface area contributed by atoms with Crippen molar-refractivity contribution in [1.29, 1.82) is 0 Å². The van der Waals surface area contributed by atoms with E-state index in [2.05, 4.69) is 10.1 Å². The van der Waals surface area contributed by atoms with E-state index >= 15 is 0 Å². The van der Waals surface area contributed by atoms with Crippen LogP contribution in [0.15, 0.2) is 18.5 Å². The van der Waals surface area contributed by atoms with Crippen LogP contribution >= 0.6 is 0 Å². The van der Waals surface area contributed by atoms with Gasteiger partial charge in [0.2, 0.25) is 0 Å². The number of carbonyl (C=O) groups is 2. The Bertz CT molecular complexity index is 713. The van der Waals surface area contributed by atoms with Crippen LogP contribution in [-0.2, 0) is 9.53 Å². The Balaban J connectivity index is 2.13. The first-order chi connectivity index (χ1) is 10.8. The van der Waals surface area contributed by atoms with E-state index in [4.69, 9.17) is 4.74 Å². The second-order valence-corrected chi connectivity index (χ2v) is 5.91. The van der Waals surface area contributed by atoms with E-state index in [9.17, 15) is 9.59 Å². The Hall–Kier alpha value is -2.44. The summed E-state index contributed by atoms with van der Waals surface area (Å²) in [7, 11) is 0. The number of rotatable bonds is 5. The van der Waals surface area contributed by atoms with E-state index in [1.54, 1.807) is 30.3 Å². The molecule has 0 saturated heterocycles. The summed E-state index contributed by atoms with van der Waals surface area (Å²) in [5, 5.41) is 4.21. The molecule has 124 valence electrons. The molecule has 0 aliphatic rings. The molecule has 0 unspecified atom stereocenters. The fourth-order valence-electron chi connectivity index (χ4n) is 2.68. The number of fused-ring (bicyclic) bond motifs is 1. The van der Waals surface area contributed by atoms with Crippen molar-refractivity contribution < 1.29 is 14.3 Å². The molecule has 0 N–H and O–H groups in total. The molecule has 0 saturated carbocycles. The molecular weight excluding hydrogens is 296 g/mol. The maximum Gasteiger partial charge on any atom is 0.344 e. The number of amides is 1. The Morgan fingerprint density at radius 2 is 1.91 bits per heavy atom. The first-order valence-corrected chi connectivity index (χ1v) is 7.61. The molecule has 0 aliphatic carbocycles. The zero-order valence-electron chi connectivity index (χ0n) is 14.1. The molecular formula is C16H22N4O3. The van der Waals surface area contributed by atoms with Crippen molar-refractivity contribution in [3.05, 3.63) is 29.7 Å². The van der Waals surface area contributed by atoms with Crippen LogP contribution in [0.5, 0.6) is 0 Å². The fourth-order valence-corrected chi connectivity index (χ4v) is 2.68. The van der Waals surface area contributed by atoms with Crippen molar-refractivity contribution in [3.63, 3.8) is 0 Å². The van der Waals surface area contributed by atoms with Gasteiger partial charge in [0, 0.05) is 24.5 Å². The van der Waals surface area contributed by atoms with Gasteiger partial charge >= 0.3 is 5.97 Å². The predicted molar refractivity (Wildman–Crippen MR) is 85.1 cm³/mol. The molecule has 7 heteroatoms. The lowest BCUT2D eigenvalue weighted by atomic mass is 10.2. The quantitative estimate of drug-likeness (QED) is 0.786. The van der Waals surface area contributed by atoms with Crippen molar-refractivity contribution in [3.8, 4) is 0 Å². The van der Waals surface area contributed by atoms with Gasteiger partial charge in [0.25, 0.3) is 5.91 Å². The first-order valence-electron chi connectivity index (χ1n) is 7.61. The lowest BCUT2D eigenvalue weighted by Gasteiger charge is -2.30. The van der Waals surface area contributed by atoms with Gasteiger partial charge < -0.3 is 9.64 Å². The second-order valence-electron chi connectivity index (χ2n) is 5.91. The largest absolute Gasteiger partial charge is 0.452 e. The van der Waals surface area contributed by atoms with Crippen LogP contribution in [0.4, 0.5) is 0 Å². The highest BCUT2D eigenvalue weighted by Crippen LogP contribution is 2.14. The minimum Gasteiger partial charge on any atom is -0.452 e. The smallest absolute Gasteiger partial charge is 0.344 e. The number of hydrogen-bond acceptors (Lipinski definition) is 5. The van der Waals surface area contributed by atoms with Gasteiger partial charge in [-0.2, -0.15) is 5.10 Å². The molecule has 2 rings (SSSR count).